The van der Waals surface area contributed by atoms with Gasteiger partial charge in [0.2, 0.25) is 0 Å². The Balaban J connectivity index is 2.35. The number of hydrogen-bond donors (Lipinski definition) is 1. The maximum absolute atomic E-state index is 5.55. The highest BCUT2D eigenvalue weighted by atomic mass is 15.1. The van der Waals surface area contributed by atoms with Gasteiger partial charge in [-0.2, -0.15) is 0 Å². The van der Waals surface area contributed by atoms with E-state index in [2.05, 4.69) is 25.7 Å². The van der Waals surface area contributed by atoms with Gasteiger partial charge in [-0.3, -0.25) is 0 Å². The zero-order valence-corrected chi connectivity index (χ0v) is 10.8. The molecule has 1 rings (SSSR count). The predicted octanol–water partition coefficient (Wildman–Crippen LogP) is 2.48. The third-order valence-electron chi connectivity index (χ3n) is 3.72. The van der Waals surface area contributed by atoms with Crippen molar-refractivity contribution in [2.45, 2.75) is 46.5 Å². The normalized spacial score (nSPS) is 25.2. The highest BCUT2D eigenvalue weighted by molar-refractivity contribution is 4.78. The lowest BCUT2D eigenvalue weighted by molar-refractivity contribution is 0.208. The Morgan fingerprint density at radius 3 is 2.53 bits per heavy atom. The van der Waals surface area contributed by atoms with Gasteiger partial charge in [0.25, 0.3) is 0 Å². The van der Waals surface area contributed by atoms with Crippen molar-refractivity contribution in [2.24, 2.45) is 17.1 Å². The molecule has 1 unspecified atom stereocenters. The molecule has 90 valence electrons. The van der Waals surface area contributed by atoms with Crippen molar-refractivity contribution in [3.05, 3.63) is 0 Å². The van der Waals surface area contributed by atoms with Gasteiger partial charge in [0.1, 0.15) is 0 Å². The van der Waals surface area contributed by atoms with Crippen LogP contribution in [-0.4, -0.2) is 31.1 Å². The van der Waals surface area contributed by atoms with Gasteiger partial charge in [0, 0.05) is 0 Å². The van der Waals surface area contributed by atoms with Crippen molar-refractivity contribution in [3.8, 4) is 0 Å². The first-order chi connectivity index (χ1) is 7.04. The Morgan fingerprint density at radius 2 is 1.93 bits per heavy atom. The number of nitrogens with two attached hydrogens (primary N) is 1. The first kappa shape index (κ1) is 13.0. The van der Waals surface area contributed by atoms with Crippen molar-refractivity contribution in [2.75, 3.05) is 26.2 Å². The molecule has 1 aliphatic heterocycles. The summed E-state index contributed by atoms with van der Waals surface area (Å²) in [6.07, 6.45) is 5.30. The largest absolute Gasteiger partial charge is 0.330 e. The molecule has 1 fully saturated rings. The fraction of sp³-hybridized carbons (Fsp3) is 1.00. The molecule has 0 aromatic heterocycles. The van der Waals surface area contributed by atoms with Crippen LogP contribution in [0.1, 0.15) is 46.5 Å². The first-order valence-corrected chi connectivity index (χ1v) is 6.46. The van der Waals surface area contributed by atoms with E-state index in [1.807, 2.05) is 0 Å². The quantitative estimate of drug-likeness (QED) is 0.779. The summed E-state index contributed by atoms with van der Waals surface area (Å²) in [5, 5.41) is 0. The van der Waals surface area contributed by atoms with Crippen molar-refractivity contribution in [1.82, 2.24) is 4.90 Å². The van der Waals surface area contributed by atoms with E-state index in [1.54, 1.807) is 0 Å². The summed E-state index contributed by atoms with van der Waals surface area (Å²) in [7, 11) is 0. The lowest BCUT2D eigenvalue weighted by Gasteiger charge is -2.29. The minimum Gasteiger partial charge on any atom is -0.330 e. The predicted molar refractivity (Wildman–Crippen MR) is 66.9 cm³/mol. The second-order valence-corrected chi connectivity index (χ2v) is 5.98. The van der Waals surface area contributed by atoms with Crippen molar-refractivity contribution >= 4 is 0 Å². The number of likely N-dealkylation sites (tertiary alicyclic amines) is 1. The second-order valence-electron chi connectivity index (χ2n) is 5.98. The van der Waals surface area contributed by atoms with Crippen molar-refractivity contribution < 1.29 is 0 Å². The third kappa shape index (κ3) is 4.52. The summed E-state index contributed by atoms with van der Waals surface area (Å²) in [5.74, 6) is 0.903. The standard InChI is InChI=1S/C13H28N2/c1-13(2,3)12-6-4-9-15(11-7-12)10-5-8-14/h12H,4-11,14H2,1-3H3. The zero-order chi connectivity index (χ0) is 11.3. The highest BCUT2D eigenvalue weighted by Gasteiger charge is 2.26. The van der Waals surface area contributed by atoms with Gasteiger partial charge in [-0.15, -0.1) is 0 Å². The smallest absolute Gasteiger partial charge is 0.000672 e. The number of hydrogen-bond acceptors (Lipinski definition) is 2. The van der Waals surface area contributed by atoms with Crippen molar-refractivity contribution in [1.29, 1.82) is 0 Å². The summed E-state index contributed by atoms with van der Waals surface area (Å²) in [6.45, 7) is 11.7. The molecule has 0 saturated carbocycles. The van der Waals surface area contributed by atoms with Crippen LogP contribution in [0.2, 0.25) is 0 Å². The Labute approximate surface area is 95.2 Å². The van der Waals surface area contributed by atoms with Gasteiger partial charge in [0.15, 0.2) is 0 Å². The minimum atomic E-state index is 0.490. The van der Waals surface area contributed by atoms with Crippen LogP contribution in [0.5, 0.6) is 0 Å². The van der Waals surface area contributed by atoms with Crippen molar-refractivity contribution in [3.63, 3.8) is 0 Å². The van der Waals surface area contributed by atoms with E-state index in [9.17, 15) is 0 Å². The lowest BCUT2D eigenvalue weighted by Crippen LogP contribution is -2.28. The fourth-order valence-corrected chi connectivity index (χ4v) is 2.56. The SMILES string of the molecule is CC(C)(C)C1CCCN(CCCN)CC1. The molecule has 0 aliphatic carbocycles. The molecule has 15 heavy (non-hydrogen) atoms. The number of rotatable bonds is 3. The van der Waals surface area contributed by atoms with Gasteiger partial charge >= 0.3 is 0 Å². The molecule has 0 spiro atoms. The molecule has 0 radical (unpaired) electrons. The average Bonchev–Trinajstić information content (AvgIpc) is 2.38. The summed E-state index contributed by atoms with van der Waals surface area (Å²) in [4.78, 5) is 2.60. The molecule has 0 bridgehead atoms. The molecule has 1 aliphatic rings. The van der Waals surface area contributed by atoms with Gasteiger partial charge in [-0.05, 0) is 63.2 Å². The fourth-order valence-electron chi connectivity index (χ4n) is 2.56. The zero-order valence-electron chi connectivity index (χ0n) is 10.8. The Morgan fingerprint density at radius 1 is 1.20 bits per heavy atom. The molecule has 0 aromatic rings. The second kappa shape index (κ2) is 5.86. The molecule has 1 saturated heterocycles. The summed E-state index contributed by atoms with van der Waals surface area (Å²) in [6, 6.07) is 0. The van der Waals surface area contributed by atoms with Gasteiger partial charge in [0.05, 0.1) is 0 Å². The van der Waals surface area contributed by atoms with Crippen LogP contribution in [0.15, 0.2) is 0 Å². The van der Waals surface area contributed by atoms with E-state index in [0.29, 0.717) is 5.41 Å². The van der Waals surface area contributed by atoms with Gasteiger partial charge in [-0.1, -0.05) is 20.8 Å². The maximum atomic E-state index is 5.55. The average molecular weight is 212 g/mol. The van der Waals surface area contributed by atoms with Crippen LogP contribution in [0.4, 0.5) is 0 Å². The van der Waals surface area contributed by atoms with E-state index in [1.165, 1.54) is 38.9 Å². The van der Waals surface area contributed by atoms with Crippen LogP contribution < -0.4 is 5.73 Å². The Kier molecular flexibility index (Phi) is 5.07. The summed E-state index contributed by atoms with van der Waals surface area (Å²) < 4.78 is 0. The van der Waals surface area contributed by atoms with Gasteiger partial charge < -0.3 is 10.6 Å². The monoisotopic (exact) mass is 212 g/mol. The lowest BCUT2D eigenvalue weighted by atomic mass is 9.77. The van der Waals surface area contributed by atoms with Crippen LogP contribution in [0.25, 0.3) is 0 Å². The van der Waals surface area contributed by atoms with E-state index in [4.69, 9.17) is 5.73 Å². The first-order valence-electron chi connectivity index (χ1n) is 6.46. The minimum absolute atomic E-state index is 0.490. The third-order valence-corrected chi connectivity index (χ3v) is 3.72. The van der Waals surface area contributed by atoms with Crippen LogP contribution in [0, 0.1) is 11.3 Å². The molecular formula is C13H28N2. The molecule has 1 heterocycles. The van der Waals surface area contributed by atoms with E-state index >= 15 is 0 Å². The van der Waals surface area contributed by atoms with E-state index in [0.717, 1.165) is 18.9 Å². The molecule has 0 aromatic carbocycles. The van der Waals surface area contributed by atoms with E-state index < -0.39 is 0 Å². The molecule has 0 amide bonds. The molecule has 2 nitrogen and oxygen atoms in total. The number of nitrogens with zero attached hydrogens (tertiary/aromatic N) is 1. The van der Waals surface area contributed by atoms with Gasteiger partial charge in [-0.25, -0.2) is 0 Å². The Hall–Kier alpha value is -0.0800. The van der Waals surface area contributed by atoms with Crippen LogP contribution in [0.3, 0.4) is 0 Å². The molecule has 2 N–H and O–H groups in total. The topological polar surface area (TPSA) is 29.3 Å². The molecule has 2 heteroatoms. The Bertz CT molecular complexity index is 172. The highest BCUT2D eigenvalue weighted by Crippen LogP contribution is 2.34. The van der Waals surface area contributed by atoms with E-state index in [-0.39, 0.29) is 0 Å². The summed E-state index contributed by atoms with van der Waals surface area (Å²) in [5.41, 5.74) is 6.04. The van der Waals surface area contributed by atoms with Crippen LogP contribution in [-0.2, 0) is 0 Å². The molecular weight excluding hydrogens is 184 g/mol. The van der Waals surface area contributed by atoms with Crippen LogP contribution >= 0.6 is 0 Å². The summed E-state index contributed by atoms with van der Waals surface area (Å²) >= 11 is 0. The maximum Gasteiger partial charge on any atom is -0.000672 e. The molecule has 1 atom stereocenters.